The van der Waals surface area contributed by atoms with Crippen molar-refractivity contribution in [3.63, 3.8) is 0 Å². The van der Waals surface area contributed by atoms with Gasteiger partial charge >= 0.3 is 5.97 Å². The molecule has 158 valence electrons. The quantitative estimate of drug-likeness (QED) is 0.345. The lowest BCUT2D eigenvalue weighted by molar-refractivity contribution is -0.128. The predicted octanol–water partition coefficient (Wildman–Crippen LogP) is 4.94. The zero-order valence-electron chi connectivity index (χ0n) is 17.0. The van der Waals surface area contributed by atoms with Crippen LogP contribution in [0.5, 0.6) is 5.75 Å². The number of amides is 1. The average molecular weight is 435 g/mol. The van der Waals surface area contributed by atoms with Gasteiger partial charge in [0.1, 0.15) is 22.7 Å². The van der Waals surface area contributed by atoms with Crippen molar-refractivity contribution in [2.24, 2.45) is 5.92 Å². The molecule has 1 aliphatic heterocycles. The van der Waals surface area contributed by atoms with Gasteiger partial charge in [-0.1, -0.05) is 19.1 Å². The van der Waals surface area contributed by atoms with E-state index < -0.39 is 5.97 Å². The van der Waals surface area contributed by atoms with Crippen molar-refractivity contribution >= 4 is 34.3 Å². The van der Waals surface area contributed by atoms with Gasteiger partial charge < -0.3 is 19.8 Å². The molecule has 0 saturated carbocycles. The molecule has 7 heteroatoms. The van der Waals surface area contributed by atoms with Crippen molar-refractivity contribution in [2.45, 2.75) is 32.4 Å². The van der Waals surface area contributed by atoms with Crippen molar-refractivity contribution in [2.75, 3.05) is 5.32 Å². The number of hydrogen-bond donors (Lipinski definition) is 2. The van der Waals surface area contributed by atoms with E-state index in [4.69, 9.17) is 9.15 Å². The van der Waals surface area contributed by atoms with E-state index in [1.165, 1.54) is 22.8 Å². The van der Waals surface area contributed by atoms with Crippen molar-refractivity contribution in [3.8, 4) is 5.75 Å². The van der Waals surface area contributed by atoms with E-state index in [-0.39, 0.29) is 12.1 Å². The Morgan fingerprint density at radius 1 is 1.23 bits per heavy atom. The fourth-order valence-corrected chi connectivity index (χ4v) is 5.48. The molecule has 2 unspecified atom stereocenters. The van der Waals surface area contributed by atoms with Gasteiger partial charge in [0, 0.05) is 11.0 Å². The number of thiophene rings is 1. The summed E-state index contributed by atoms with van der Waals surface area (Å²) in [5, 5.41) is 7.48. The minimum atomic E-state index is -0.490. The van der Waals surface area contributed by atoms with Crippen LogP contribution in [0.15, 0.2) is 53.2 Å². The monoisotopic (exact) mass is 434 g/mol. The van der Waals surface area contributed by atoms with E-state index in [1.807, 2.05) is 12.1 Å². The van der Waals surface area contributed by atoms with E-state index in [2.05, 4.69) is 17.6 Å². The van der Waals surface area contributed by atoms with Gasteiger partial charge in [0.15, 0.2) is 0 Å². The van der Waals surface area contributed by atoms with Gasteiger partial charge in [0.05, 0.1) is 11.8 Å². The third kappa shape index (κ3) is 4.01. The molecule has 2 N–H and O–H groups in total. The second kappa shape index (κ2) is 8.07. The number of benzene rings is 1. The molecule has 3 aromatic rings. The number of anilines is 1. The summed E-state index contributed by atoms with van der Waals surface area (Å²) in [5.41, 5.74) is 2.92. The smallest absolute Gasteiger partial charge is 0.336 e. The number of nitrogens with one attached hydrogen (secondary N) is 2. The lowest BCUT2D eigenvalue weighted by atomic mass is 9.88. The van der Waals surface area contributed by atoms with E-state index in [1.54, 1.807) is 41.7 Å². The topological polar surface area (TPSA) is 80.6 Å². The van der Waals surface area contributed by atoms with Crippen molar-refractivity contribution in [3.05, 3.63) is 76.1 Å². The third-order valence-electron chi connectivity index (χ3n) is 5.65. The van der Waals surface area contributed by atoms with Crippen molar-refractivity contribution in [1.82, 2.24) is 5.32 Å². The zero-order chi connectivity index (χ0) is 21.4. The Bertz CT molecular complexity index is 1150. The fraction of sp³-hybridized carbons (Fsp3) is 0.250. The SMILES string of the molecule is CC1CCc2c(sc3c2C(=O)NC(c2ccc(OC(=O)/C=C/c4ccco4)cc2)N3)C1. The van der Waals surface area contributed by atoms with Gasteiger partial charge in [-0.05, 0) is 66.6 Å². The molecule has 1 aliphatic carbocycles. The molecule has 2 aromatic heterocycles. The Morgan fingerprint density at radius 3 is 2.84 bits per heavy atom. The minimum absolute atomic E-state index is 0.0237. The summed E-state index contributed by atoms with van der Waals surface area (Å²) in [6.07, 6.45) is 7.23. The molecule has 3 heterocycles. The van der Waals surface area contributed by atoms with Crippen LogP contribution in [0, 0.1) is 5.92 Å². The maximum Gasteiger partial charge on any atom is 0.336 e. The number of carbonyl (C=O) groups excluding carboxylic acids is 2. The van der Waals surface area contributed by atoms with Gasteiger partial charge in [0.2, 0.25) is 0 Å². The highest BCUT2D eigenvalue weighted by atomic mass is 32.1. The number of furan rings is 1. The van der Waals surface area contributed by atoms with Gasteiger partial charge in [0.25, 0.3) is 5.91 Å². The summed E-state index contributed by atoms with van der Waals surface area (Å²) in [6.45, 7) is 2.26. The highest BCUT2D eigenvalue weighted by Crippen LogP contribution is 2.42. The second-order valence-corrected chi connectivity index (χ2v) is 9.05. The van der Waals surface area contributed by atoms with Crippen LogP contribution in [-0.4, -0.2) is 11.9 Å². The molecule has 0 saturated heterocycles. The molecular formula is C24H22N2O4S. The van der Waals surface area contributed by atoms with E-state index in [0.29, 0.717) is 17.4 Å². The predicted molar refractivity (Wildman–Crippen MR) is 119 cm³/mol. The Morgan fingerprint density at radius 2 is 2.06 bits per heavy atom. The van der Waals surface area contributed by atoms with Gasteiger partial charge in [-0.25, -0.2) is 4.79 Å². The van der Waals surface area contributed by atoms with Crippen molar-refractivity contribution < 1.29 is 18.7 Å². The lowest BCUT2D eigenvalue weighted by Gasteiger charge is -2.27. The van der Waals surface area contributed by atoms with Crippen LogP contribution in [-0.2, 0) is 17.6 Å². The molecule has 0 radical (unpaired) electrons. The first kappa shape index (κ1) is 19.6. The number of fused-ring (bicyclic) bond motifs is 3. The normalized spacial score (nSPS) is 20.0. The Hall–Kier alpha value is -3.32. The summed E-state index contributed by atoms with van der Waals surface area (Å²) in [5.74, 6) is 1.16. The van der Waals surface area contributed by atoms with Crippen LogP contribution in [0.2, 0.25) is 0 Å². The number of hydrogen-bond acceptors (Lipinski definition) is 6. The molecule has 2 atom stereocenters. The second-order valence-electron chi connectivity index (χ2n) is 7.95. The molecule has 0 fully saturated rings. The minimum Gasteiger partial charge on any atom is -0.465 e. The van der Waals surface area contributed by atoms with Crippen LogP contribution in [0.4, 0.5) is 5.00 Å². The van der Waals surface area contributed by atoms with Gasteiger partial charge in [-0.2, -0.15) is 0 Å². The summed E-state index contributed by atoms with van der Waals surface area (Å²) in [6, 6.07) is 10.6. The highest BCUT2D eigenvalue weighted by molar-refractivity contribution is 7.16. The van der Waals surface area contributed by atoms with Gasteiger partial charge in [-0.3, -0.25) is 4.79 Å². The highest BCUT2D eigenvalue weighted by Gasteiger charge is 2.33. The van der Waals surface area contributed by atoms with Crippen LogP contribution < -0.4 is 15.4 Å². The Labute approximate surface area is 183 Å². The number of carbonyl (C=O) groups is 2. The van der Waals surface area contributed by atoms with E-state index in [0.717, 1.165) is 35.4 Å². The molecule has 0 bridgehead atoms. The third-order valence-corrected chi connectivity index (χ3v) is 6.83. The molecular weight excluding hydrogens is 412 g/mol. The number of esters is 1. The first-order valence-electron chi connectivity index (χ1n) is 10.3. The first-order valence-corrected chi connectivity index (χ1v) is 11.1. The maximum atomic E-state index is 12.8. The van der Waals surface area contributed by atoms with Gasteiger partial charge in [-0.15, -0.1) is 11.3 Å². The summed E-state index contributed by atoms with van der Waals surface area (Å²) in [4.78, 5) is 26.1. The lowest BCUT2D eigenvalue weighted by Crippen LogP contribution is -2.38. The average Bonchev–Trinajstić information content (AvgIpc) is 3.40. The number of ether oxygens (including phenoxy) is 1. The molecule has 1 amide bonds. The van der Waals surface area contributed by atoms with Crippen LogP contribution in [0.1, 0.15) is 51.6 Å². The molecule has 6 nitrogen and oxygen atoms in total. The fourth-order valence-electron chi connectivity index (χ4n) is 4.04. The van der Waals surface area contributed by atoms with Crippen LogP contribution in [0.25, 0.3) is 6.08 Å². The van der Waals surface area contributed by atoms with Crippen LogP contribution in [0.3, 0.4) is 0 Å². The molecule has 0 spiro atoms. The van der Waals surface area contributed by atoms with E-state index >= 15 is 0 Å². The largest absolute Gasteiger partial charge is 0.465 e. The standard InChI is InChI=1S/C24H22N2O4S/c1-14-4-10-18-19(13-14)31-24-21(18)23(28)25-22(26-24)15-5-7-17(8-6-15)30-20(27)11-9-16-3-2-12-29-16/h2-3,5-9,11-12,14,22,26H,4,10,13H2,1H3,(H,25,28)/b11-9+. The van der Waals surface area contributed by atoms with E-state index in [9.17, 15) is 9.59 Å². The zero-order valence-corrected chi connectivity index (χ0v) is 17.8. The molecule has 31 heavy (non-hydrogen) atoms. The summed E-state index contributed by atoms with van der Waals surface area (Å²) < 4.78 is 10.5. The Kier molecular flexibility index (Phi) is 5.11. The molecule has 2 aliphatic rings. The molecule has 5 rings (SSSR count). The number of rotatable bonds is 4. The molecule has 1 aromatic carbocycles. The summed E-state index contributed by atoms with van der Waals surface area (Å²) >= 11 is 1.70. The first-order chi connectivity index (χ1) is 15.1. The maximum absolute atomic E-state index is 12.8. The van der Waals surface area contributed by atoms with Crippen LogP contribution >= 0.6 is 11.3 Å². The summed E-state index contributed by atoms with van der Waals surface area (Å²) in [7, 11) is 0. The van der Waals surface area contributed by atoms with Crippen molar-refractivity contribution in [1.29, 1.82) is 0 Å². The Balaban J connectivity index is 1.27.